The summed E-state index contributed by atoms with van der Waals surface area (Å²) in [7, 11) is 0. The molecule has 1 aliphatic rings. The maximum Gasteiger partial charge on any atom is 0.139 e. The Labute approximate surface area is 110 Å². The summed E-state index contributed by atoms with van der Waals surface area (Å²) in [5, 5.41) is 0. The minimum absolute atomic E-state index is 0.244. The summed E-state index contributed by atoms with van der Waals surface area (Å²) in [4.78, 5) is 2.20. The van der Waals surface area contributed by atoms with Gasteiger partial charge in [-0.05, 0) is 47.2 Å². The standard InChI is InChI=1S/C13H18BrFN2/c1-9-3-2-5-17(6-4-9)13-8-11(15)10(14)7-12(13)16/h7-9H,2-6,16H2,1H3. The molecule has 1 atom stereocenters. The zero-order valence-corrected chi connectivity index (χ0v) is 11.6. The van der Waals surface area contributed by atoms with Crippen LogP contribution in [0.15, 0.2) is 16.6 Å². The predicted octanol–water partition coefficient (Wildman–Crippen LogP) is 3.80. The SMILES string of the molecule is CC1CCCN(c2cc(F)c(Br)cc2N)CC1. The Morgan fingerprint density at radius 1 is 1.35 bits per heavy atom. The summed E-state index contributed by atoms with van der Waals surface area (Å²) in [5.41, 5.74) is 7.45. The molecule has 0 bridgehead atoms. The van der Waals surface area contributed by atoms with E-state index in [1.165, 1.54) is 12.5 Å². The molecule has 94 valence electrons. The fraction of sp³-hybridized carbons (Fsp3) is 0.538. The van der Waals surface area contributed by atoms with Gasteiger partial charge in [-0.25, -0.2) is 4.39 Å². The van der Waals surface area contributed by atoms with Crippen molar-refractivity contribution in [2.24, 2.45) is 5.92 Å². The van der Waals surface area contributed by atoms with Crippen molar-refractivity contribution in [2.45, 2.75) is 26.2 Å². The Kier molecular flexibility index (Phi) is 3.92. The van der Waals surface area contributed by atoms with Crippen molar-refractivity contribution in [3.63, 3.8) is 0 Å². The molecular formula is C13H18BrFN2. The van der Waals surface area contributed by atoms with Crippen LogP contribution >= 0.6 is 15.9 Å². The number of benzene rings is 1. The second-order valence-corrected chi connectivity index (χ2v) is 5.70. The molecule has 2 nitrogen and oxygen atoms in total. The van der Waals surface area contributed by atoms with E-state index in [4.69, 9.17) is 5.73 Å². The first-order valence-corrected chi connectivity index (χ1v) is 6.86. The van der Waals surface area contributed by atoms with Crippen molar-refractivity contribution in [1.29, 1.82) is 0 Å². The van der Waals surface area contributed by atoms with Crippen molar-refractivity contribution < 1.29 is 4.39 Å². The minimum atomic E-state index is -0.244. The minimum Gasteiger partial charge on any atom is -0.397 e. The van der Waals surface area contributed by atoms with E-state index in [2.05, 4.69) is 27.8 Å². The molecular weight excluding hydrogens is 283 g/mol. The lowest BCUT2D eigenvalue weighted by atomic mass is 10.0. The largest absolute Gasteiger partial charge is 0.397 e. The number of rotatable bonds is 1. The number of halogens is 2. The topological polar surface area (TPSA) is 29.3 Å². The monoisotopic (exact) mass is 300 g/mol. The van der Waals surface area contributed by atoms with E-state index < -0.39 is 0 Å². The van der Waals surface area contributed by atoms with Gasteiger partial charge in [0.2, 0.25) is 0 Å². The Balaban J connectivity index is 2.24. The molecule has 0 amide bonds. The van der Waals surface area contributed by atoms with E-state index in [1.807, 2.05) is 0 Å². The van der Waals surface area contributed by atoms with Crippen LogP contribution in [0.25, 0.3) is 0 Å². The van der Waals surface area contributed by atoms with Crippen LogP contribution in [0.4, 0.5) is 15.8 Å². The Bertz CT molecular complexity index is 409. The molecule has 1 aromatic carbocycles. The van der Waals surface area contributed by atoms with Gasteiger partial charge in [0.05, 0.1) is 15.8 Å². The van der Waals surface area contributed by atoms with Gasteiger partial charge in [-0.3, -0.25) is 0 Å². The second-order valence-electron chi connectivity index (χ2n) is 4.85. The molecule has 1 aromatic rings. The van der Waals surface area contributed by atoms with Gasteiger partial charge in [0.15, 0.2) is 0 Å². The number of anilines is 2. The van der Waals surface area contributed by atoms with E-state index in [9.17, 15) is 4.39 Å². The first kappa shape index (κ1) is 12.7. The van der Waals surface area contributed by atoms with E-state index in [0.717, 1.165) is 37.5 Å². The van der Waals surface area contributed by atoms with Crippen molar-refractivity contribution in [1.82, 2.24) is 0 Å². The lowest BCUT2D eigenvalue weighted by molar-refractivity contribution is 0.521. The van der Waals surface area contributed by atoms with Gasteiger partial charge in [0.1, 0.15) is 5.82 Å². The highest BCUT2D eigenvalue weighted by atomic mass is 79.9. The molecule has 1 aliphatic heterocycles. The molecule has 2 rings (SSSR count). The van der Waals surface area contributed by atoms with Crippen LogP contribution in [0.3, 0.4) is 0 Å². The van der Waals surface area contributed by atoms with Crippen LogP contribution in [0, 0.1) is 11.7 Å². The first-order valence-electron chi connectivity index (χ1n) is 6.07. The molecule has 0 aliphatic carbocycles. The summed E-state index contributed by atoms with van der Waals surface area (Å²) in [6, 6.07) is 3.19. The molecule has 0 saturated carbocycles. The maximum atomic E-state index is 13.6. The van der Waals surface area contributed by atoms with Crippen LogP contribution in [-0.4, -0.2) is 13.1 Å². The van der Waals surface area contributed by atoms with Crippen molar-refractivity contribution >= 4 is 27.3 Å². The quantitative estimate of drug-likeness (QED) is 0.800. The third-order valence-corrected chi connectivity index (χ3v) is 4.03. The van der Waals surface area contributed by atoms with Crippen molar-refractivity contribution in [3.8, 4) is 0 Å². The average Bonchev–Trinajstić information content (AvgIpc) is 2.49. The number of nitrogens with two attached hydrogens (primary N) is 1. The summed E-state index contributed by atoms with van der Waals surface area (Å²) >= 11 is 3.16. The Morgan fingerprint density at radius 2 is 2.12 bits per heavy atom. The van der Waals surface area contributed by atoms with Crippen LogP contribution in [-0.2, 0) is 0 Å². The molecule has 1 fully saturated rings. The van der Waals surface area contributed by atoms with E-state index >= 15 is 0 Å². The zero-order chi connectivity index (χ0) is 12.4. The lowest BCUT2D eigenvalue weighted by Crippen LogP contribution is -2.25. The zero-order valence-electron chi connectivity index (χ0n) is 10.0. The summed E-state index contributed by atoms with van der Waals surface area (Å²) in [6.45, 7) is 4.21. The van der Waals surface area contributed by atoms with Crippen molar-refractivity contribution in [2.75, 3.05) is 23.7 Å². The fourth-order valence-electron chi connectivity index (χ4n) is 2.33. The van der Waals surface area contributed by atoms with Crippen LogP contribution in [0.1, 0.15) is 26.2 Å². The molecule has 1 saturated heterocycles. The van der Waals surface area contributed by atoms with Gasteiger partial charge < -0.3 is 10.6 Å². The lowest BCUT2D eigenvalue weighted by Gasteiger charge is -2.24. The maximum absolute atomic E-state index is 13.6. The average molecular weight is 301 g/mol. The fourth-order valence-corrected chi connectivity index (χ4v) is 2.69. The normalized spacial score (nSPS) is 21.4. The van der Waals surface area contributed by atoms with Gasteiger partial charge in [-0.2, -0.15) is 0 Å². The molecule has 17 heavy (non-hydrogen) atoms. The Hall–Kier alpha value is -0.770. The molecule has 0 spiro atoms. The molecule has 0 aromatic heterocycles. The number of hydrogen-bond donors (Lipinski definition) is 1. The van der Waals surface area contributed by atoms with Crippen LogP contribution in [0.2, 0.25) is 0 Å². The van der Waals surface area contributed by atoms with Gasteiger partial charge >= 0.3 is 0 Å². The van der Waals surface area contributed by atoms with E-state index in [1.54, 1.807) is 6.07 Å². The van der Waals surface area contributed by atoms with Gasteiger partial charge in [-0.15, -0.1) is 0 Å². The molecule has 1 heterocycles. The Morgan fingerprint density at radius 3 is 2.88 bits per heavy atom. The summed E-state index contributed by atoms with van der Waals surface area (Å²) < 4.78 is 14.0. The van der Waals surface area contributed by atoms with Gasteiger partial charge in [0, 0.05) is 19.2 Å². The predicted molar refractivity (Wildman–Crippen MR) is 73.7 cm³/mol. The van der Waals surface area contributed by atoms with Crippen LogP contribution in [0.5, 0.6) is 0 Å². The van der Waals surface area contributed by atoms with Gasteiger partial charge in [-0.1, -0.05) is 6.92 Å². The highest BCUT2D eigenvalue weighted by Crippen LogP contribution is 2.31. The smallest absolute Gasteiger partial charge is 0.139 e. The highest BCUT2D eigenvalue weighted by molar-refractivity contribution is 9.10. The van der Waals surface area contributed by atoms with Gasteiger partial charge in [0.25, 0.3) is 0 Å². The highest BCUT2D eigenvalue weighted by Gasteiger charge is 2.17. The second kappa shape index (κ2) is 5.25. The molecule has 2 N–H and O–H groups in total. The molecule has 4 heteroatoms. The number of hydrogen-bond acceptors (Lipinski definition) is 2. The first-order chi connectivity index (χ1) is 8.08. The van der Waals surface area contributed by atoms with Crippen LogP contribution < -0.4 is 10.6 Å². The molecule has 0 radical (unpaired) electrons. The third-order valence-electron chi connectivity index (χ3n) is 3.43. The van der Waals surface area contributed by atoms with Crippen molar-refractivity contribution in [3.05, 3.63) is 22.4 Å². The van der Waals surface area contributed by atoms with E-state index in [0.29, 0.717) is 10.2 Å². The summed E-state index contributed by atoms with van der Waals surface area (Å²) in [5.74, 6) is 0.507. The third kappa shape index (κ3) is 2.92. The number of nitrogens with zero attached hydrogens (tertiary/aromatic N) is 1. The molecule has 1 unspecified atom stereocenters. The summed E-state index contributed by atoms with van der Waals surface area (Å²) in [6.07, 6.45) is 3.55. The number of nitrogen functional groups attached to an aromatic ring is 1. The van der Waals surface area contributed by atoms with E-state index in [-0.39, 0.29) is 5.82 Å².